The van der Waals surface area contributed by atoms with Gasteiger partial charge in [0.05, 0.1) is 17.8 Å². The Bertz CT molecular complexity index is 1330. The summed E-state index contributed by atoms with van der Waals surface area (Å²) in [6.07, 6.45) is 5.47. The highest BCUT2D eigenvalue weighted by Crippen LogP contribution is 2.28. The van der Waals surface area contributed by atoms with Crippen LogP contribution < -0.4 is 15.0 Å². The number of amides is 1. The summed E-state index contributed by atoms with van der Waals surface area (Å²) in [5.41, 5.74) is 2.48. The summed E-state index contributed by atoms with van der Waals surface area (Å²) >= 11 is 0. The average molecular weight is 474 g/mol. The normalized spacial score (nSPS) is 15.5. The molecule has 1 atom stereocenters. The van der Waals surface area contributed by atoms with Gasteiger partial charge >= 0.3 is 0 Å². The van der Waals surface area contributed by atoms with Crippen molar-refractivity contribution in [1.82, 2.24) is 30.4 Å². The van der Waals surface area contributed by atoms with Gasteiger partial charge in [0.1, 0.15) is 11.8 Å². The number of carbonyl (C=O) groups excluding carboxylic acids is 1. The molecule has 3 aromatic heterocycles. The molecular formula is C25H27N7O3. The summed E-state index contributed by atoms with van der Waals surface area (Å²) in [7, 11) is 0. The van der Waals surface area contributed by atoms with Crippen LogP contribution in [0.15, 0.2) is 47.2 Å². The second kappa shape index (κ2) is 10.0. The van der Waals surface area contributed by atoms with E-state index in [-0.39, 0.29) is 11.9 Å². The van der Waals surface area contributed by atoms with Gasteiger partial charge in [0.15, 0.2) is 0 Å². The predicted molar refractivity (Wildman–Crippen MR) is 130 cm³/mol. The van der Waals surface area contributed by atoms with E-state index in [0.717, 1.165) is 47.3 Å². The van der Waals surface area contributed by atoms with Crippen LogP contribution in [0.3, 0.4) is 0 Å². The molecule has 0 radical (unpaired) electrons. The first-order valence-corrected chi connectivity index (χ1v) is 11.8. The van der Waals surface area contributed by atoms with E-state index in [0.29, 0.717) is 37.2 Å². The van der Waals surface area contributed by atoms with Crippen LogP contribution in [0.1, 0.15) is 31.4 Å². The molecule has 10 nitrogen and oxygen atoms in total. The molecule has 10 heteroatoms. The second-order valence-electron chi connectivity index (χ2n) is 8.37. The number of pyridine rings is 1. The van der Waals surface area contributed by atoms with Gasteiger partial charge in [-0.05, 0) is 57.0 Å². The zero-order chi connectivity index (χ0) is 24.2. The summed E-state index contributed by atoms with van der Waals surface area (Å²) in [6, 6.07) is 9.18. The number of nitrogens with zero attached hydrogens (tertiary/aromatic N) is 6. The van der Waals surface area contributed by atoms with Crippen LogP contribution in [-0.2, 0) is 11.2 Å². The van der Waals surface area contributed by atoms with Gasteiger partial charge in [0.2, 0.25) is 23.6 Å². The molecule has 1 aliphatic heterocycles. The summed E-state index contributed by atoms with van der Waals surface area (Å²) < 4.78 is 10.9. The average Bonchev–Trinajstić information content (AvgIpc) is 3.55. The van der Waals surface area contributed by atoms with Crippen molar-refractivity contribution in [2.45, 2.75) is 39.2 Å². The Kier molecular flexibility index (Phi) is 6.51. The maximum Gasteiger partial charge on any atom is 0.242 e. The van der Waals surface area contributed by atoms with Crippen molar-refractivity contribution in [3.05, 3.63) is 54.3 Å². The Balaban J connectivity index is 1.23. The number of fused-ring (bicyclic) bond motifs is 1. The number of anilines is 1. The number of aryl methyl sites for hydroxylation is 1. The molecule has 180 valence electrons. The van der Waals surface area contributed by atoms with E-state index in [1.165, 1.54) is 0 Å². The molecule has 0 aliphatic carbocycles. The molecule has 1 fully saturated rings. The minimum atomic E-state index is -0.316. The van der Waals surface area contributed by atoms with Gasteiger partial charge in [0.25, 0.3) is 0 Å². The minimum Gasteiger partial charge on any atom is -0.494 e. The standard InChI is InChI=1S/C25H27N7O3/c1-3-34-18-8-9-20-19(14-18)16(2)28-25(29-20)32-13-5-7-21(32)24(33)27-12-10-22-30-23(31-35-22)17-6-4-11-26-15-17/h4,6,8-9,11,14-15,21H,3,5,7,10,12-13H2,1-2H3,(H,27,33). The van der Waals surface area contributed by atoms with Crippen molar-refractivity contribution in [2.75, 3.05) is 24.6 Å². The first-order chi connectivity index (χ1) is 17.1. The number of nitrogens with one attached hydrogen (secondary N) is 1. The van der Waals surface area contributed by atoms with E-state index in [4.69, 9.17) is 19.2 Å². The second-order valence-corrected chi connectivity index (χ2v) is 8.37. The Morgan fingerprint density at radius 1 is 1.26 bits per heavy atom. The topological polar surface area (TPSA) is 119 Å². The highest BCUT2D eigenvalue weighted by Gasteiger charge is 2.32. The molecule has 1 amide bonds. The van der Waals surface area contributed by atoms with Crippen LogP contribution in [0.4, 0.5) is 5.95 Å². The lowest BCUT2D eigenvalue weighted by molar-refractivity contribution is -0.122. The van der Waals surface area contributed by atoms with Crippen LogP contribution in [0.25, 0.3) is 22.3 Å². The minimum absolute atomic E-state index is 0.0532. The van der Waals surface area contributed by atoms with Crippen molar-refractivity contribution in [3.8, 4) is 17.1 Å². The zero-order valence-electron chi connectivity index (χ0n) is 19.8. The maximum atomic E-state index is 13.0. The molecule has 1 aromatic carbocycles. The van der Waals surface area contributed by atoms with Gasteiger partial charge in [0, 0.05) is 42.9 Å². The van der Waals surface area contributed by atoms with Crippen LogP contribution in [0.2, 0.25) is 0 Å². The molecule has 1 aliphatic rings. The fourth-order valence-corrected chi connectivity index (χ4v) is 4.29. The van der Waals surface area contributed by atoms with E-state index in [2.05, 4.69) is 20.4 Å². The van der Waals surface area contributed by atoms with Gasteiger partial charge in [-0.3, -0.25) is 9.78 Å². The zero-order valence-corrected chi connectivity index (χ0v) is 19.8. The smallest absolute Gasteiger partial charge is 0.242 e. The lowest BCUT2D eigenvalue weighted by Gasteiger charge is -2.24. The molecule has 1 unspecified atom stereocenters. The van der Waals surface area contributed by atoms with Crippen LogP contribution in [-0.4, -0.2) is 56.7 Å². The van der Waals surface area contributed by atoms with E-state index in [1.807, 2.05) is 49.1 Å². The third kappa shape index (κ3) is 4.91. The highest BCUT2D eigenvalue weighted by molar-refractivity contribution is 5.87. The van der Waals surface area contributed by atoms with Crippen LogP contribution in [0, 0.1) is 6.92 Å². The van der Waals surface area contributed by atoms with E-state index in [1.54, 1.807) is 12.4 Å². The molecule has 0 saturated carbocycles. The third-order valence-corrected chi connectivity index (χ3v) is 6.00. The summed E-state index contributed by atoms with van der Waals surface area (Å²) in [4.78, 5) is 32.9. The Morgan fingerprint density at radius 2 is 2.17 bits per heavy atom. The first-order valence-electron chi connectivity index (χ1n) is 11.8. The molecule has 0 bridgehead atoms. The summed E-state index contributed by atoms with van der Waals surface area (Å²) in [6.45, 7) is 5.65. The van der Waals surface area contributed by atoms with Crippen molar-refractivity contribution in [1.29, 1.82) is 0 Å². The van der Waals surface area contributed by atoms with Crippen molar-refractivity contribution >= 4 is 22.8 Å². The third-order valence-electron chi connectivity index (χ3n) is 6.00. The summed E-state index contributed by atoms with van der Waals surface area (Å²) in [5.74, 6) is 2.27. The van der Waals surface area contributed by atoms with Crippen molar-refractivity contribution in [2.24, 2.45) is 0 Å². The van der Waals surface area contributed by atoms with E-state index < -0.39 is 0 Å². The number of hydrogen-bond donors (Lipinski definition) is 1. The van der Waals surface area contributed by atoms with Crippen molar-refractivity contribution in [3.63, 3.8) is 0 Å². The maximum absolute atomic E-state index is 13.0. The van der Waals surface area contributed by atoms with Gasteiger partial charge < -0.3 is 19.5 Å². The summed E-state index contributed by atoms with van der Waals surface area (Å²) in [5, 5.41) is 7.94. The van der Waals surface area contributed by atoms with E-state index >= 15 is 0 Å². The Hall–Kier alpha value is -4.08. The SMILES string of the molecule is CCOc1ccc2nc(N3CCCC3C(=O)NCCc3nc(-c4cccnc4)no3)nc(C)c2c1. The lowest BCUT2D eigenvalue weighted by Crippen LogP contribution is -2.44. The van der Waals surface area contributed by atoms with Crippen LogP contribution >= 0.6 is 0 Å². The number of hydrogen-bond acceptors (Lipinski definition) is 9. The Labute approximate surface area is 202 Å². The quantitative estimate of drug-likeness (QED) is 0.412. The highest BCUT2D eigenvalue weighted by atomic mass is 16.5. The molecule has 35 heavy (non-hydrogen) atoms. The van der Waals surface area contributed by atoms with Gasteiger partial charge in [-0.25, -0.2) is 9.97 Å². The molecule has 5 rings (SSSR count). The molecule has 4 aromatic rings. The first kappa shape index (κ1) is 22.7. The van der Waals surface area contributed by atoms with Gasteiger partial charge in [-0.2, -0.15) is 4.98 Å². The van der Waals surface area contributed by atoms with E-state index in [9.17, 15) is 4.79 Å². The molecule has 0 spiro atoms. The fourth-order valence-electron chi connectivity index (χ4n) is 4.29. The van der Waals surface area contributed by atoms with Gasteiger partial charge in [-0.15, -0.1) is 0 Å². The lowest BCUT2D eigenvalue weighted by atomic mass is 10.2. The molecule has 1 N–H and O–H groups in total. The van der Waals surface area contributed by atoms with Crippen molar-refractivity contribution < 1.29 is 14.1 Å². The molecule has 4 heterocycles. The number of rotatable bonds is 8. The molecule has 1 saturated heterocycles. The van der Waals surface area contributed by atoms with Gasteiger partial charge in [-0.1, -0.05) is 5.16 Å². The number of carbonyl (C=O) groups is 1. The monoisotopic (exact) mass is 473 g/mol. The fraction of sp³-hybridized carbons (Fsp3) is 0.360. The number of benzene rings is 1. The van der Waals surface area contributed by atoms with Crippen LogP contribution in [0.5, 0.6) is 5.75 Å². The molecular weight excluding hydrogens is 446 g/mol. The largest absolute Gasteiger partial charge is 0.494 e. The number of ether oxygens (including phenoxy) is 1. The predicted octanol–water partition coefficient (Wildman–Crippen LogP) is 3.11. The Morgan fingerprint density at radius 3 is 3.00 bits per heavy atom. The number of aromatic nitrogens is 5.